The molecule has 0 bridgehead atoms. The zero-order chi connectivity index (χ0) is 10.6. The summed E-state index contributed by atoms with van der Waals surface area (Å²) in [5, 5.41) is 10.3. The van der Waals surface area contributed by atoms with Crippen molar-refractivity contribution < 1.29 is 14.1 Å². The Kier molecular flexibility index (Phi) is 3.02. The van der Waals surface area contributed by atoms with Crippen molar-refractivity contribution in [3.8, 4) is 18.1 Å². The largest absolute Gasteiger partial charge is 0.478 e. The van der Waals surface area contributed by atoms with Gasteiger partial charge in [-0.25, -0.2) is 4.39 Å². The molecule has 0 fully saturated rings. The lowest BCUT2D eigenvalue weighted by Gasteiger charge is -2.02. The molecular weight excluding hydrogens is 189 g/mol. The van der Waals surface area contributed by atoms with E-state index in [4.69, 9.17) is 11.2 Å². The molecule has 0 unspecified atom stereocenters. The molecule has 0 aromatic heterocycles. The van der Waals surface area contributed by atoms with Crippen molar-refractivity contribution in [1.82, 2.24) is 0 Å². The van der Waals surface area contributed by atoms with E-state index in [9.17, 15) is 14.5 Å². The maximum absolute atomic E-state index is 12.9. The molecule has 0 aliphatic carbocycles. The standard InChI is InChI=1S/C9H6FNO3/c1-2-5-14-9-6-7(11(12)13)3-4-8(9)10/h1,3-4,6H,5H2. The van der Waals surface area contributed by atoms with Gasteiger partial charge in [-0.15, -0.1) is 6.42 Å². The number of hydrogen-bond donors (Lipinski definition) is 0. The molecule has 0 radical (unpaired) electrons. The Morgan fingerprint density at radius 1 is 1.64 bits per heavy atom. The van der Waals surface area contributed by atoms with Gasteiger partial charge in [0, 0.05) is 6.07 Å². The molecule has 0 spiro atoms. The Balaban J connectivity index is 2.97. The van der Waals surface area contributed by atoms with E-state index >= 15 is 0 Å². The van der Waals surface area contributed by atoms with Crippen LogP contribution >= 0.6 is 0 Å². The van der Waals surface area contributed by atoms with E-state index in [1.165, 1.54) is 0 Å². The lowest BCUT2D eigenvalue weighted by Crippen LogP contribution is -1.97. The normalized spacial score (nSPS) is 9.14. The summed E-state index contributed by atoms with van der Waals surface area (Å²) in [7, 11) is 0. The van der Waals surface area contributed by atoms with Crippen LogP contribution in [0.5, 0.6) is 5.75 Å². The number of ether oxygens (including phenoxy) is 1. The third-order valence-electron chi connectivity index (χ3n) is 1.44. The van der Waals surface area contributed by atoms with E-state index in [-0.39, 0.29) is 18.0 Å². The lowest BCUT2D eigenvalue weighted by atomic mass is 10.3. The highest BCUT2D eigenvalue weighted by atomic mass is 19.1. The van der Waals surface area contributed by atoms with Crippen molar-refractivity contribution in [3.63, 3.8) is 0 Å². The van der Waals surface area contributed by atoms with Crippen LogP contribution in [0.2, 0.25) is 0 Å². The zero-order valence-electron chi connectivity index (χ0n) is 7.07. The Bertz CT molecular complexity index is 398. The maximum Gasteiger partial charge on any atom is 0.273 e. The van der Waals surface area contributed by atoms with E-state index in [2.05, 4.69) is 5.92 Å². The van der Waals surface area contributed by atoms with Gasteiger partial charge in [-0.2, -0.15) is 0 Å². The first-order chi connectivity index (χ1) is 6.65. The second kappa shape index (κ2) is 4.23. The van der Waals surface area contributed by atoms with E-state index < -0.39 is 10.7 Å². The van der Waals surface area contributed by atoms with Crippen LogP contribution < -0.4 is 4.74 Å². The van der Waals surface area contributed by atoms with Crippen LogP contribution in [0.25, 0.3) is 0 Å². The number of benzene rings is 1. The smallest absolute Gasteiger partial charge is 0.273 e. The van der Waals surface area contributed by atoms with Crippen molar-refractivity contribution in [2.24, 2.45) is 0 Å². The van der Waals surface area contributed by atoms with E-state index in [0.29, 0.717) is 0 Å². The number of rotatable bonds is 3. The molecule has 72 valence electrons. The summed E-state index contributed by atoms with van der Waals surface area (Å²) in [5.41, 5.74) is -0.238. The quantitative estimate of drug-likeness (QED) is 0.419. The highest BCUT2D eigenvalue weighted by Gasteiger charge is 2.11. The SMILES string of the molecule is C#CCOc1cc([N+](=O)[O-])ccc1F. The molecule has 0 heterocycles. The minimum absolute atomic E-state index is 0.127. The van der Waals surface area contributed by atoms with Crippen molar-refractivity contribution in [2.75, 3.05) is 6.61 Å². The Morgan fingerprint density at radius 3 is 2.93 bits per heavy atom. The van der Waals surface area contributed by atoms with Gasteiger partial charge in [-0.3, -0.25) is 10.1 Å². The second-order valence-corrected chi connectivity index (χ2v) is 2.36. The number of hydrogen-bond acceptors (Lipinski definition) is 3. The fraction of sp³-hybridized carbons (Fsp3) is 0.111. The van der Waals surface area contributed by atoms with Gasteiger partial charge in [-0.05, 0) is 6.07 Å². The number of halogens is 1. The summed E-state index contributed by atoms with van der Waals surface area (Å²) < 4.78 is 17.7. The molecule has 1 aromatic carbocycles. The summed E-state index contributed by atoms with van der Waals surface area (Å²) in [6.07, 6.45) is 4.89. The molecule has 0 saturated heterocycles. The third kappa shape index (κ3) is 2.20. The van der Waals surface area contributed by atoms with Crippen LogP contribution in [-0.2, 0) is 0 Å². The van der Waals surface area contributed by atoms with Gasteiger partial charge in [0.2, 0.25) is 0 Å². The molecule has 0 aliphatic heterocycles. The van der Waals surface area contributed by atoms with Gasteiger partial charge in [0.05, 0.1) is 11.0 Å². The van der Waals surface area contributed by atoms with Gasteiger partial charge in [0.25, 0.3) is 5.69 Å². The molecule has 1 rings (SSSR count). The predicted octanol–water partition coefficient (Wildman–Crippen LogP) is 1.75. The highest BCUT2D eigenvalue weighted by molar-refractivity contribution is 5.39. The van der Waals surface area contributed by atoms with E-state index in [0.717, 1.165) is 18.2 Å². The van der Waals surface area contributed by atoms with Gasteiger partial charge in [0.1, 0.15) is 6.61 Å². The average molecular weight is 195 g/mol. The molecule has 4 nitrogen and oxygen atoms in total. The molecule has 0 amide bonds. The van der Waals surface area contributed by atoms with Crippen molar-refractivity contribution in [1.29, 1.82) is 0 Å². The second-order valence-electron chi connectivity index (χ2n) is 2.36. The van der Waals surface area contributed by atoms with Crippen LogP contribution in [0.3, 0.4) is 0 Å². The molecule has 0 aliphatic rings. The number of terminal acetylenes is 1. The first-order valence-corrected chi connectivity index (χ1v) is 3.65. The summed E-state index contributed by atoms with van der Waals surface area (Å²) in [6, 6.07) is 3.01. The number of nitro groups is 1. The van der Waals surface area contributed by atoms with E-state index in [1.54, 1.807) is 0 Å². The fourth-order valence-electron chi connectivity index (χ4n) is 0.836. The molecule has 0 N–H and O–H groups in total. The molecule has 0 atom stereocenters. The van der Waals surface area contributed by atoms with E-state index in [1.807, 2.05) is 0 Å². The zero-order valence-corrected chi connectivity index (χ0v) is 7.07. The number of nitro benzene ring substituents is 1. The minimum atomic E-state index is -0.675. The van der Waals surface area contributed by atoms with Crippen LogP contribution in [0.15, 0.2) is 18.2 Å². The van der Waals surface area contributed by atoms with Gasteiger partial charge in [-0.1, -0.05) is 5.92 Å². The first-order valence-electron chi connectivity index (χ1n) is 3.65. The Labute approximate surface area is 79.5 Å². The average Bonchev–Trinajstić information content (AvgIpc) is 2.16. The van der Waals surface area contributed by atoms with Crippen molar-refractivity contribution in [2.45, 2.75) is 0 Å². The molecule has 14 heavy (non-hydrogen) atoms. The van der Waals surface area contributed by atoms with Gasteiger partial charge < -0.3 is 4.74 Å². The third-order valence-corrected chi connectivity index (χ3v) is 1.44. The summed E-state index contributed by atoms with van der Waals surface area (Å²) in [4.78, 5) is 9.69. The molecule has 0 saturated carbocycles. The topological polar surface area (TPSA) is 52.4 Å². The minimum Gasteiger partial charge on any atom is -0.478 e. The molecule has 5 heteroatoms. The number of non-ortho nitro benzene ring substituents is 1. The summed E-state index contributed by atoms with van der Waals surface area (Å²) in [6.45, 7) is -0.127. The summed E-state index contributed by atoms with van der Waals surface area (Å²) in [5.74, 6) is 1.25. The number of nitrogens with zero attached hydrogens (tertiary/aromatic N) is 1. The molecular formula is C9H6FNO3. The predicted molar refractivity (Wildman–Crippen MR) is 47.4 cm³/mol. The Hall–Kier alpha value is -2.09. The van der Waals surface area contributed by atoms with Gasteiger partial charge >= 0.3 is 0 Å². The van der Waals surface area contributed by atoms with Crippen LogP contribution in [0, 0.1) is 28.3 Å². The monoisotopic (exact) mass is 195 g/mol. The van der Waals surface area contributed by atoms with Gasteiger partial charge in [0.15, 0.2) is 11.6 Å². The maximum atomic E-state index is 12.9. The van der Waals surface area contributed by atoms with Crippen LogP contribution in [0.4, 0.5) is 10.1 Å². The summed E-state index contributed by atoms with van der Waals surface area (Å²) >= 11 is 0. The van der Waals surface area contributed by atoms with Crippen LogP contribution in [-0.4, -0.2) is 11.5 Å². The van der Waals surface area contributed by atoms with Crippen molar-refractivity contribution in [3.05, 3.63) is 34.1 Å². The fourth-order valence-corrected chi connectivity index (χ4v) is 0.836. The van der Waals surface area contributed by atoms with Crippen molar-refractivity contribution >= 4 is 5.69 Å². The van der Waals surface area contributed by atoms with Crippen LogP contribution in [0.1, 0.15) is 0 Å². The molecule has 1 aromatic rings. The lowest BCUT2D eigenvalue weighted by molar-refractivity contribution is -0.385. The first kappa shape index (κ1) is 9.99. The Morgan fingerprint density at radius 2 is 2.36 bits per heavy atom. The highest BCUT2D eigenvalue weighted by Crippen LogP contribution is 2.22.